The lowest BCUT2D eigenvalue weighted by atomic mass is 10.2. The summed E-state index contributed by atoms with van der Waals surface area (Å²) in [6.07, 6.45) is 0. The first-order valence-corrected chi connectivity index (χ1v) is 3.15. The van der Waals surface area contributed by atoms with Crippen LogP contribution in [0.5, 0.6) is 0 Å². The minimum atomic E-state index is 0.0124. The molecule has 10 heavy (non-hydrogen) atoms. The predicted octanol–water partition coefficient (Wildman–Crippen LogP) is 0.601. The number of nitrogens with zero attached hydrogens (tertiary/aromatic N) is 3. The van der Waals surface area contributed by atoms with E-state index in [0.29, 0.717) is 13.1 Å². The molecule has 0 aliphatic carbocycles. The number of nitriles is 2. The third-order valence-electron chi connectivity index (χ3n) is 1.15. The molecule has 0 amide bonds. The van der Waals surface area contributed by atoms with Gasteiger partial charge in [0, 0.05) is 6.54 Å². The highest BCUT2D eigenvalue weighted by atomic mass is 15.1. The molecule has 0 N–H and O–H groups in total. The molecule has 0 aliphatic heterocycles. The highest BCUT2D eigenvalue weighted by Crippen LogP contribution is 1.93. The fraction of sp³-hybridized carbons (Fsp3) is 0.714. The monoisotopic (exact) mass is 137 g/mol. The van der Waals surface area contributed by atoms with Crippen LogP contribution in [0.15, 0.2) is 0 Å². The lowest BCUT2D eigenvalue weighted by Gasteiger charge is -2.12. The second-order valence-electron chi connectivity index (χ2n) is 2.39. The van der Waals surface area contributed by atoms with Crippen molar-refractivity contribution in [3.05, 3.63) is 0 Å². The molecule has 0 aromatic rings. The Bertz CT molecular complexity index is 163. The van der Waals surface area contributed by atoms with Crippen molar-refractivity contribution in [2.45, 2.75) is 6.92 Å². The third-order valence-corrected chi connectivity index (χ3v) is 1.15. The van der Waals surface area contributed by atoms with Gasteiger partial charge in [0.05, 0.1) is 24.6 Å². The normalized spacial score (nSPS) is 12.1. The largest absolute Gasteiger partial charge is 0.292 e. The molecule has 0 saturated carbocycles. The molecule has 3 heteroatoms. The van der Waals surface area contributed by atoms with E-state index in [0.717, 1.165) is 0 Å². The topological polar surface area (TPSA) is 50.8 Å². The summed E-state index contributed by atoms with van der Waals surface area (Å²) in [5.41, 5.74) is 0. The van der Waals surface area contributed by atoms with Crippen LogP contribution in [-0.2, 0) is 0 Å². The van der Waals surface area contributed by atoms with Crippen LogP contribution in [0, 0.1) is 28.6 Å². The molecule has 0 heterocycles. The third kappa shape index (κ3) is 3.88. The van der Waals surface area contributed by atoms with E-state index in [9.17, 15) is 0 Å². The van der Waals surface area contributed by atoms with Crippen LogP contribution >= 0.6 is 0 Å². The zero-order valence-corrected chi connectivity index (χ0v) is 6.33. The summed E-state index contributed by atoms with van der Waals surface area (Å²) in [7, 11) is 1.83. The Labute approximate surface area is 61.5 Å². The molecule has 0 rings (SSSR count). The van der Waals surface area contributed by atoms with E-state index < -0.39 is 0 Å². The van der Waals surface area contributed by atoms with Gasteiger partial charge in [-0.3, -0.25) is 4.90 Å². The van der Waals surface area contributed by atoms with Gasteiger partial charge in [0.25, 0.3) is 0 Å². The van der Waals surface area contributed by atoms with Gasteiger partial charge in [-0.1, -0.05) is 0 Å². The van der Waals surface area contributed by atoms with Crippen LogP contribution in [0.1, 0.15) is 6.92 Å². The fourth-order valence-electron chi connectivity index (χ4n) is 0.694. The van der Waals surface area contributed by atoms with E-state index in [1.54, 1.807) is 0 Å². The van der Waals surface area contributed by atoms with Gasteiger partial charge in [-0.2, -0.15) is 10.5 Å². The standard InChI is InChI=1S/C7H11N3/c1-7(5-9)6-10(2)4-3-8/h7H,4,6H2,1-2H3. The van der Waals surface area contributed by atoms with Crippen molar-refractivity contribution in [3.8, 4) is 12.1 Å². The number of rotatable bonds is 3. The first-order valence-electron chi connectivity index (χ1n) is 3.15. The Kier molecular flexibility index (Phi) is 4.28. The summed E-state index contributed by atoms with van der Waals surface area (Å²) < 4.78 is 0. The van der Waals surface area contributed by atoms with Gasteiger partial charge < -0.3 is 0 Å². The maximum Gasteiger partial charge on any atom is 0.0863 e. The molecule has 0 saturated heterocycles. The summed E-state index contributed by atoms with van der Waals surface area (Å²) in [5.74, 6) is 0.0124. The minimum Gasteiger partial charge on any atom is -0.292 e. The maximum absolute atomic E-state index is 8.39. The first-order chi connectivity index (χ1) is 4.70. The molecule has 1 unspecified atom stereocenters. The predicted molar refractivity (Wildman–Crippen MR) is 37.9 cm³/mol. The average molecular weight is 137 g/mol. The zero-order valence-electron chi connectivity index (χ0n) is 6.33. The highest BCUT2D eigenvalue weighted by molar-refractivity contribution is 4.83. The van der Waals surface area contributed by atoms with Crippen LogP contribution in [-0.4, -0.2) is 25.0 Å². The highest BCUT2D eigenvalue weighted by Gasteiger charge is 2.02. The molecular formula is C7H11N3. The van der Waals surface area contributed by atoms with Crippen molar-refractivity contribution >= 4 is 0 Å². The van der Waals surface area contributed by atoms with Crippen LogP contribution < -0.4 is 0 Å². The summed E-state index contributed by atoms with van der Waals surface area (Å²) >= 11 is 0. The Hall–Kier alpha value is -1.06. The van der Waals surface area contributed by atoms with Crippen molar-refractivity contribution in [2.75, 3.05) is 20.1 Å². The number of hydrogen-bond donors (Lipinski definition) is 0. The summed E-state index contributed by atoms with van der Waals surface area (Å²) in [4.78, 5) is 1.83. The van der Waals surface area contributed by atoms with Crippen molar-refractivity contribution in [1.29, 1.82) is 10.5 Å². The summed E-state index contributed by atoms with van der Waals surface area (Å²) in [6, 6.07) is 4.12. The van der Waals surface area contributed by atoms with Gasteiger partial charge in [0.15, 0.2) is 0 Å². The van der Waals surface area contributed by atoms with Gasteiger partial charge in [0.2, 0.25) is 0 Å². The van der Waals surface area contributed by atoms with Gasteiger partial charge in [0.1, 0.15) is 0 Å². The zero-order chi connectivity index (χ0) is 7.98. The summed E-state index contributed by atoms with van der Waals surface area (Å²) in [6.45, 7) is 2.91. The molecule has 0 aromatic heterocycles. The van der Waals surface area contributed by atoms with Gasteiger partial charge in [-0.15, -0.1) is 0 Å². The Morgan fingerprint density at radius 2 is 2.10 bits per heavy atom. The van der Waals surface area contributed by atoms with Crippen LogP contribution in [0.25, 0.3) is 0 Å². The van der Waals surface area contributed by atoms with Crippen LogP contribution in [0.2, 0.25) is 0 Å². The smallest absolute Gasteiger partial charge is 0.0863 e. The SMILES string of the molecule is CC(C#N)CN(C)CC#N. The lowest BCUT2D eigenvalue weighted by molar-refractivity contribution is 0.345. The van der Waals surface area contributed by atoms with E-state index in [1.807, 2.05) is 24.9 Å². The van der Waals surface area contributed by atoms with Gasteiger partial charge >= 0.3 is 0 Å². The van der Waals surface area contributed by atoms with Gasteiger partial charge in [-0.25, -0.2) is 0 Å². The van der Waals surface area contributed by atoms with E-state index in [2.05, 4.69) is 6.07 Å². The average Bonchev–Trinajstić information content (AvgIpc) is 1.88. The Morgan fingerprint density at radius 3 is 2.50 bits per heavy atom. The molecule has 0 radical (unpaired) electrons. The van der Waals surface area contributed by atoms with Crippen molar-refractivity contribution in [2.24, 2.45) is 5.92 Å². The van der Waals surface area contributed by atoms with Crippen LogP contribution in [0.3, 0.4) is 0 Å². The summed E-state index contributed by atoms with van der Waals surface area (Å²) in [5, 5.41) is 16.6. The lowest BCUT2D eigenvalue weighted by Crippen LogP contribution is -2.23. The molecule has 0 spiro atoms. The first kappa shape index (κ1) is 8.94. The van der Waals surface area contributed by atoms with E-state index >= 15 is 0 Å². The van der Waals surface area contributed by atoms with Crippen molar-refractivity contribution in [1.82, 2.24) is 4.90 Å². The molecular weight excluding hydrogens is 126 g/mol. The Balaban J connectivity index is 3.51. The van der Waals surface area contributed by atoms with E-state index in [4.69, 9.17) is 10.5 Å². The van der Waals surface area contributed by atoms with Crippen LogP contribution in [0.4, 0.5) is 0 Å². The maximum atomic E-state index is 8.39. The molecule has 0 bridgehead atoms. The van der Waals surface area contributed by atoms with E-state index in [-0.39, 0.29) is 5.92 Å². The number of hydrogen-bond acceptors (Lipinski definition) is 3. The second-order valence-corrected chi connectivity index (χ2v) is 2.39. The quantitative estimate of drug-likeness (QED) is 0.535. The van der Waals surface area contributed by atoms with Crippen molar-refractivity contribution < 1.29 is 0 Å². The molecule has 0 aromatic carbocycles. The second kappa shape index (κ2) is 4.78. The molecule has 1 atom stereocenters. The Morgan fingerprint density at radius 1 is 1.50 bits per heavy atom. The fourth-order valence-corrected chi connectivity index (χ4v) is 0.694. The molecule has 0 aliphatic rings. The molecule has 54 valence electrons. The minimum absolute atomic E-state index is 0.0124. The van der Waals surface area contributed by atoms with Crippen molar-refractivity contribution in [3.63, 3.8) is 0 Å². The molecule has 0 fully saturated rings. The van der Waals surface area contributed by atoms with Gasteiger partial charge in [-0.05, 0) is 14.0 Å². The van der Waals surface area contributed by atoms with E-state index in [1.165, 1.54) is 0 Å². The molecule has 3 nitrogen and oxygen atoms in total.